The molecule has 0 aliphatic heterocycles. The molecule has 2 aromatic heterocycles. The van der Waals surface area contributed by atoms with E-state index >= 15 is 0 Å². The fourth-order valence-corrected chi connectivity index (χ4v) is 2.99. The first kappa shape index (κ1) is 18.4. The minimum atomic E-state index is 0.642. The number of hydrogen-bond donors (Lipinski definition) is 2. The van der Waals surface area contributed by atoms with E-state index in [4.69, 9.17) is 23.2 Å². The van der Waals surface area contributed by atoms with Crippen molar-refractivity contribution in [3.05, 3.63) is 75.8 Å². The van der Waals surface area contributed by atoms with Crippen LogP contribution in [-0.4, -0.2) is 21.5 Å². The molecule has 0 amide bonds. The van der Waals surface area contributed by atoms with E-state index < -0.39 is 0 Å². The highest BCUT2D eigenvalue weighted by Crippen LogP contribution is 2.21. The van der Waals surface area contributed by atoms with Gasteiger partial charge in [0.25, 0.3) is 0 Å². The molecule has 5 nitrogen and oxygen atoms in total. The molecular weight excluding hydrogens is 369 g/mol. The lowest BCUT2D eigenvalue weighted by Crippen LogP contribution is -2.09. The summed E-state index contributed by atoms with van der Waals surface area (Å²) in [5.41, 5.74) is 2.19. The normalized spacial score (nSPS) is 10.6. The monoisotopic (exact) mass is 387 g/mol. The Bertz CT molecular complexity index is 871. The van der Waals surface area contributed by atoms with E-state index in [0.29, 0.717) is 29.0 Å². The van der Waals surface area contributed by atoms with Gasteiger partial charge in [0.1, 0.15) is 17.5 Å². The molecule has 0 aliphatic carbocycles. The molecule has 0 unspecified atom stereocenters. The molecule has 1 aromatic carbocycles. The predicted octanol–water partition coefficient (Wildman–Crippen LogP) is 4.75. The van der Waals surface area contributed by atoms with Gasteiger partial charge in [-0.1, -0.05) is 29.3 Å². The fourth-order valence-electron chi connectivity index (χ4n) is 2.49. The van der Waals surface area contributed by atoms with Crippen LogP contribution in [-0.2, 0) is 13.0 Å². The van der Waals surface area contributed by atoms with Crippen molar-refractivity contribution in [1.82, 2.24) is 15.0 Å². The Kier molecular flexibility index (Phi) is 6.26. The predicted molar refractivity (Wildman–Crippen MR) is 107 cm³/mol. The van der Waals surface area contributed by atoms with Crippen molar-refractivity contribution in [2.45, 2.75) is 19.9 Å². The lowest BCUT2D eigenvalue weighted by Gasteiger charge is -2.11. The molecule has 26 heavy (non-hydrogen) atoms. The Labute approximate surface area is 162 Å². The van der Waals surface area contributed by atoms with Crippen LogP contribution in [0, 0.1) is 6.92 Å². The highest BCUT2D eigenvalue weighted by atomic mass is 35.5. The highest BCUT2D eigenvalue weighted by Gasteiger charge is 2.04. The summed E-state index contributed by atoms with van der Waals surface area (Å²) in [6.07, 6.45) is 4.33. The Balaban J connectivity index is 1.58. The number of rotatable bonds is 7. The zero-order chi connectivity index (χ0) is 18.4. The molecule has 2 heterocycles. The number of aromatic nitrogens is 3. The van der Waals surface area contributed by atoms with Crippen molar-refractivity contribution >= 4 is 34.8 Å². The summed E-state index contributed by atoms with van der Waals surface area (Å²) in [6.45, 7) is 3.26. The van der Waals surface area contributed by atoms with E-state index in [9.17, 15) is 0 Å². The van der Waals surface area contributed by atoms with Crippen LogP contribution < -0.4 is 10.6 Å². The highest BCUT2D eigenvalue weighted by molar-refractivity contribution is 6.35. The van der Waals surface area contributed by atoms with E-state index in [1.54, 1.807) is 18.5 Å². The summed E-state index contributed by atoms with van der Waals surface area (Å²) in [5.74, 6) is 2.26. The third kappa shape index (κ3) is 5.31. The van der Waals surface area contributed by atoms with Crippen LogP contribution in [0.2, 0.25) is 10.0 Å². The van der Waals surface area contributed by atoms with Crippen LogP contribution in [0.3, 0.4) is 0 Å². The molecule has 134 valence electrons. The van der Waals surface area contributed by atoms with Gasteiger partial charge in [-0.3, -0.25) is 4.98 Å². The first-order chi connectivity index (χ1) is 12.6. The number of aryl methyl sites for hydroxylation is 1. The zero-order valence-electron chi connectivity index (χ0n) is 14.3. The molecule has 0 aliphatic rings. The van der Waals surface area contributed by atoms with Gasteiger partial charge in [-0.2, -0.15) is 0 Å². The third-order valence-electron chi connectivity index (χ3n) is 3.78. The van der Waals surface area contributed by atoms with E-state index in [2.05, 4.69) is 25.6 Å². The standard InChI is InChI=1S/C19H19Cl2N5/c1-13-25-18(23-9-6-15-2-3-16(20)10-17(15)21)11-19(26-13)24-12-14-4-7-22-8-5-14/h2-5,7-8,10-11H,6,9,12H2,1H3,(H2,23,24,25,26). The SMILES string of the molecule is Cc1nc(NCCc2ccc(Cl)cc2Cl)cc(NCc2ccncc2)n1. The zero-order valence-corrected chi connectivity index (χ0v) is 15.8. The minimum Gasteiger partial charge on any atom is -0.370 e. The lowest BCUT2D eigenvalue weighted by atomic mass is 10.1. The summed E-state index contributed by atoms with van der Waals surface area (Å²) < 4.78 is 0. The lowest BCUT2D eigenvalue weighted by molar-refractivity contribution is 0.974. The van der Waals surface area contributed by atoms with Gasteiger partial charge in [0.05, 0.1) is 0 Å². The number of nitrogens with one attached hydrogen (secondary N) is 2. The van der Waals surface area contributed by atoms with Crippen LogP contribution in [0.5, 0.6) is 0 Å². The van der Waals surface area contributed by atoms with Gasteiger partial charge in [-0.25, -0.2) is 9.97 Å². The summed E-state index contributed by atoms with van der Waals surface area (Å²) >= 11 is 12.1. The van der Waals surface area contributed by atoms with Crippen LogP contribution in [0.1, 0.15) is 17.0 Å². The van der Waals surface area contributed by atoms with Crippen molar-refractivity contribution in [1.29, 1.82) is 0 Å². The van der Waals surface area contributed by atoms with Gasteiger partial charge in [0, 0.05) is 41.6 Å². The molecule has 0 radical (unpaired) electrons. The maximum absolute atomic E-state index is 6.21. The van der Waals surface area contributed by atoms with Crippen molar-refractivity contribution in [3.8, 4) is 0 Å². The van der Waals surface area contributed by atoms with Crippen molar-refractivity contribution in [2.75, 3.05) is 17.2 Å². The van der Waals surface area contributed by atoms with Gasteiger partial charge in [0.15, 0.2) is 0 Å². The summed E-state index contributed by atoms with van der Waals surface area (Å²) in [6, 6.07) is 11.4. The molecule has 3 aromatic rings. The molecule has 0 fully saturated rings. The fraction of sp³-hybridized carbons (Fsp3) is 0.211. The van der Waals surface area contributed by atoms with Crippen LogP contribution in [0.15, 0.2) is 48.8 Å². The number of nitrogens with zero attached hydrogens (tertiary/aromatic N) is 3. The van der Waals surface area contributed by atoms with Gasteiger partial charge < -0.3 is 10.6 Å². The third-order valence-corrected chi connectivity index (χ3v) is 4.36. The molecule has 2 N–H and O–H groups in total. The van der Waals surface area contributed by atoms with Gasteiger partial charge in [-0.05, 0) is 48.7 Å². The maximum Gasteiger partial charge on any atom is 0.132 e. The first-order valence-electron chi connectivity index (χ1n) is 8.26. The number of pyridine rings is 1. The number of benzene rings is 1. The van der Waals surface area contributed by atoms with E-state index in [0.717, 1.165) is 29.2 Å². The average molecular weight is 388 g/mol. The second-order valence-electron chi connectivity index (χ2n) is 5.81. The molecule has 0 atom stereocenters. The second kappa shape index (κ2) is 8.83. The number of hydrogen-bond acceptors (Lipinski definition) is 5. The molecule has 3 rings (SSSR count). The van der Waals surface area contributed by atoms with E-state index in [-0.39, 0.29) is 0 Å². The molecule has 0 bridgehead atoms. The minimum absolute atomic E-state index is 0.642. The molecule has 0 saturated heterocycles. The van der Waals surface area contributed by atoms with Crippen LogP contribution >= 0.6 is 23.2 Å². The van der Waals surface area contributed by atoms with Crippen LogP contribution in [0.4, 0.5) is 11.6 Å². The molecule has 7 heteroatoms. The van der Waals surface area contributed by atoms with Crippen molar-refractivity contribution in [3.63, 3.8) is 0 Å². The molecule has 0 saturated carbocycles. The van der Waals surface area contributed by atoms with E-state index in [1.165, 1.54) is 0 Å². The largest absolute Gasteiger partial charge is 0.370 e. The van der Waals surface area contributed by atoms with Crippen LogP contribution in [0.25, 0.3) is 0 Å². The van der Waals surface area contributed by atoms with Gasteiger partial charge >= 0.3 is 0 Å². The number of anilines is 2. The summed E-state index contributed by atoms with van der Waals surface area (Å²) in [4.78, 5) is 12.9. The Morgan fingerprint density at radius 2 is 1.65 bits per heavy atom. The van der Waals surface area contributed by atoms with Crippen molar-refractivity contribution < 1.29 is 0 Å². The maximum atomic E-state index is 6.21. The smallest absolute Gasteiger partial charge is 0.132 e. The topological polar surface area (TPSA) is 62.7 Å². The quantitative estimate of drug-likeness (QED) is 0.612. The average Bonchev–Trinajstić information content (AvgIpc) is 2.62. The Hall–Kier alpha value is -2.37. The van der Waals surface area contributed by atoms with Gasteiger partial charge in [0.2, 0.25) is 0 Å². The summed E-state index contributed by atoms with van der Waals surface area (Å²) in [5, 5.41) is 7.95. The number of halogens is 2. The second-order valence-corrected chi connectivity index (χ2v) is 6.65. The Morgan fingerprint density at radius 1 is 0.923 bits per heavy atom. The molecular formula is C19H19Cl2N5. The Morgan fingerprint density at radius 3 is 2.38 bits per heavy atom. The molecule has 0 spiro atoms. The van der Waals surface area contributed by atoms with Crippen molar-refractivity contribution in [2.24, 2.45) is 0 Å². The summed E-state index contributed by atoms with van der Waals surface area (Å²) in [7, 11) is 0. The van der Waals surface area contributed by atoms with Gasteiger partial charge in [-0.15, -0.1) is 0 Å². The van der Waals surface area contributed by atoms with E-state index in [1.807, 2.05) is 37.3 Å². The first-order valence-corrected chi connectivity index (χ1v) is 9.02.